The molecule has 0 unspecified atom stereocenters. The number of aromatic nitrogens is 1. The summed E-state index contributed by atoms with van der Waals surface area (Å²) in [5.41, 5.74) is 1.62. The number of guanidine groups is 1. The van der Waals surface area contributed by atoms with Gasteiger partial charge in [0.05, 0.1) is 12.2 Å². The number of rotatable bonds is 8. The highest BCUT2D eigenvalue weighted by atomic mass is 19.1. The molecule has 0 amide bonds. The van der Waals surface area contributed by atoms with Gasteiger partial charge in [-0.25, -0.2) is 4.39 Å². The number of nitrogens with zero attached hydrogens (tertiary/aromatic N) is 3. The summed E-state index contributed by atoms with van der Waals surface area (Å²) in [6.45, 7) is 5.17. The van der Waals surface area contributed by atoms with Crippen molar-refractivity contribution in [3.05, 3.63) is 60.2 Å². The molecular formula is C19H26FN5. The molecule has 25 heavy (non-hydrogen) atoms. The van der Waals surface area contributed by atoms with Crippen LogP contribution in [0.2, 0.25) is 0 Å². The van der Waals surface area contributed by atoms with E-state index >= 15 is 0 Å². The van der Waals surface area contributed by atoms with Gasteiger partial charge >= 0.3 is 0 Å². The zero-order valence-electron chi connectivity index (χ0n) is 14.9. The van der Waals surface area contributed by atoms with Gasteiger partial charge in [0, 0.05) is 38.6 Å². The molecule has 2 aromatic rings. The Morgan fingerprint density at radius 2 is 1.96 bits per heavy atom. The molecule has 1 aromatic heterocycles. The molecule has 0 fully saturated rings. The molecule has 0 saturated heterocycles. The Kier molecular flexibility index (Phi) is 7.69. The van der Waals surface area contributed by atoms with Crippen molar-refractivity contribution >= 4 is 11.6 Å². The van der Waals surface area contributed by atoms with Crippen molar-refractivity contribution in [2.24, 2.45) is 4.99 Å². The maximum Gasteiger partial charge on any atom is 0.191 e. The number of benzene rings is 1. The summed E-state index contributed by atoms with van der Waals surface area (Å²) >= 11 is 0. The third-order valence-electron chi connectivity index (χ3n) is 3.88. The predicted octanol–water partition coefficient (Wildman–Crippen LogP) is 2.80. The lowest BCUT2D eigenvalue weighted by Gasteiger charge is -2.23. The minimum Gasteiger partial charge on any atom is -0.372 e. The number of pyridine rings is 1. The molecule has 0 aliphatic heterocycles. The molecule has 0 aliphatic carbocycles. The summed E-state index contributed by atoms with van der Waals surface area (Å²) in [6, 6.07) is 13.4. The summed E-state index contributed by atoms with van der Waals surface area (Å²) < 4.78 is 13.6. The highest BCUT2D eigenvalue weighted by molar-refractivity contribution is 5.79. The first-order valence-corrected chi connectivity index (χ1v) is 8.58. The fraction of sp³-hybridized carbons (Fsp3) is 0.368. The van der Waals surface area contributed by atoms with Crippen LogP contribution in [0.25, 0.3) is 0 Å². The first kappa shape index (κ1) is 18.7. The van der Waals surface area contributed by atoms with E-state index in [1.807, 2.05) is 6.07 Å². The Labute approximate surface area is 149 Å². The van der Waals surface area contributed by atoms with Crippen LogP contribution >= 0.6 is 0 Å². The third kappa shape index (κ3) is 6.06. The molecule has 2 N–H and O–H groups in total. The molecule has 6 heteroatoms. The summed E-state index contributed by atoms with van der Waals surface area (Å²) in [4.78, 5) is 10.5. The number of nitrogens with one attached hydrogen (secondary N) is 2. The van der Waals surface area contributed by atoms with Crippen LogP contribution in [0, 0.1) is 5.82 Å². The molecule has 1 aromatic carbocycles. The molecule has 0 saturated carbocycles. The molecule has 0 bridgehead atoms. The Bertz CT molecular complexity index is 660. The van der Waals surface area contributed by atoms with Gasteiger partial charge in [0.2, 0.25) is 0 Å². The number of hydrogen-bond donors (Lipinski definition) is 2. The lowest BCUT2D eigenvalue weighted by Crippen LogP contribution is -2.38. The topological polar surface area (TPSA) is 52.5 Å². The van der Waals surface area contributed by atoms with E-state index in [4.69, 9.17) is 0 Å². The van der Waals surface area contributed by atoms with Crippen molar-refractivity contribution in [2.45, 2.75) is 19.9 Å². The summed E-state index contributed by atoms with van der Waals surface area (Å²) in [6.07, 6.45) is 2.56. The number of halogens is 1. The summed E-state index contributed by atoms with van der Waals surface area (Å²) in [5.74, 6) is 0.333. The Morgan fingerprint density at radius 1 is 1.16 bits per heavy atom. The van der Waals surface area contributed by atoms with Gasteiger partial charge in [-0.05, 0) is 37.6 Å². The lowest BCUT2D eigenvalue weighted by atomic mass is 10.2. The van der Waals surface area contributed by atoms with Gasteiger partial charge in [0.15, 0.2) is 5.96 Å². The van der Waals surface area contributed by atoms with Gasteiger partial charge in [0.1, 0.15) is 5.82 Å². The van der Waals surface area contributed by atoms with E-state index < -0.39 is 0 Å². The Balaban J connectivity index is 1.73. The van der Waals surface area contributed by atoms with Crippen molar-refractivity contribution in [1.82, 2.24) is 15.6 Å². The fourth-order valence-electron chi connectivity index (χ4n) is 2.52. The average molecular weight is 343 g/mol. The van der Waals surface area contributed by atoms with Gasteiger partial charge in [-0.2, -0.15) is 0 Å². The second-order valence-corrected chi connectivity index (χ2v) is 5.55. The van der Waals surface area contributed by atoms with E-state index in [9.17, 15) is 4.39 Å². The molecular weight excluding hydrogens is 317 g/mol. The summed E-state index contributed by atoms with van der Waals surface area (Å²) in [5, 5.41) is 6.34. The number of para-hydroxylation sites is 1. The Hall–Kier alpha value is -2.63. The van der Waals surface area contributed by atoms with Crippen molar-refractivity contribution in [3.8, 4) is 0 Å². The normalized spacial score (nSPS) is 11.2. The summed E-state index contributed by atoms with van der Waals surface area (Å²) in [7, 11) is 1.70. The van der Waals surface area contributed by atoms with Gasteiger partial charge in [-0.3, -0.25) is 9.98 Å². The monoisotopic (exact) mass is 343 g/mol. The Morgan fingerprint density at radius 3 is 2.64 bits per heavy atom. The molecule has 0 aliphatic rings. The zero-order chi connectivity index (χ0) is 17.9. The van der Waals surface area contributed by atoms with Crippen LogP contribution < -0.4 is 15.5 Å². The van der Waals surface area contributed by atoms with Gasteiger partial charge in [0.25, 0.3) is 0 Å². The van der Waals surface area contributed by atoms with Crippen LogP contribution in [-0.4, -0.2) is 37.6 Å². The van der Waals surface area contributed by atoms with Crippen LogP contribution in [0.5, 0.6) is 0 Å². The number of hydrogen-bond acceptors (Lipinski definition) is 3. The van der Waals surface area contributed by atoms with Crippen LogP contribution in [0.15, 0.2) is 53.7 Å². The van der Waals surface area contributed by atoms with Gasteiger partial charge < -0.3 is 15.5 Å². The first-order valence-electron chi connectivity index (χ1n) is 8.58. The second-order valence-electron chi connectivity index (χ2n) is 5.55. The van der Waals surface area contributed by atoms with Crippen LogP contribution in [-0.2, 0) is 6.54 Å². The molecule has 5 nitrogen and oxygen atoms in total. The maximum absolute atomic E-state index is 13.6. The van der Waals surface area contributed by atoms with Gasteiger partial charge in [-0.15, -0.1) is 0 Å². The smallest absolute Gasteiger partial charge is 0.191 e. The quantitative estimate of drug-likeness (QED) is 0.440. The van der Waals surface area contributed by atoms with Crippen molar-refractivity contribution in [2.75, 3.05) is 31.6 Å². The van der Waals surface area contributed by atoms with E-state index in [0.29, 0.717) is 18.2 Å². The number of anilines is 1. The molecule has 2 rings (SSSR count). The van der Waals surface area contributed by atoms with E-state index in [-0.39, 0.29) is 5.82 Å². The molecule has 0 radical (unpaired) electrons. The van der Waals surface area contributed by atoms with Crippen molar-refractivity contribution in [3.63, 3.8) is 0 Å². The highest BCUT2D eigenvalue weighted by Crippen LogP contribution is 2.12. The molecule has 134 valence electrons. The van der Waals surface area contributed by atoms with E-state index in [0.717, 1.165) is 26.1 Å². The molecule has 0 atom stereocenters. The van der Waals surface area contributed by atoms with E-state index in [1.54, 1.807) is 19.3 Å². The molecule has 1 heterocycles. The van der Waals surface area contributed by atoms with E-state index in [2.05, 4.69) is 56.7 Å². The van der Waals surface area contributed by atoms with Crippen LogP contribution in [0.1, 0.15) is 19.0 Å². The highest BCUT2D eigenvalue weighted by Gasteiger charge is 2.05. The second kappa shape index (κ2) is 10.3. The minimum absolute atomic E-state index is 0.303. The standard InChI is InChI=1S/C19H26FN5/c1-3-25(16-9-5-4-6-10-16)14-8-13-23-19(21-2)24-15-18-17(20)11-7-12-22-18/h4-7,9-12H,3,8,13-15H2,1-2H3,(H2,21,23,24). The van der Waals surface area contributed by atoms with Crippen molar-refractivity contribution in [1.29, 1.82) is 0 Å². The zero-order valence-corrected chi connectivity index (χ0v) is 14.9. The average Bonchev–Trinajstić information content (AvgIpc) is 2.66. The fourth-order valence-corrected chi connectivity index (χ4v) is 2.52. The largest absolute Gasteiger partial charge is 0.372 e. The SMILES string of the molecule is CCN(CCCNC(=NC)NCc1ncccc1F)c1ccccc1. The maximum atomic E-state index is 13.6. The lowest BCUT2D eigenvalue weighted by molar-refractivity contribution is 0.592. The first-order chi connectivity index (χ1) is 12.2. The van der Waals surface area contributed by atoms with Crippen LogP contribution in [0.3, 0.4) is 0 Å². The third-order valence-corrected chi connectivity index (χ3v) is 3.88. The molecule has 0 spiro atoms. The predicted molar refractivity (Wildman–Crippen MR) is 101 cm³/mol. The van der Waals surface area contributed by atoms with Crippen molar-refractivity contribution < 1.29 is 4.39 Å². The minimum atomic E-state index is -0.313. The number of aliphatic imine (C=N–C) groups is 1. The van der Waals surface area contributed by atoms with E-state index in [1.165, 1.54) is 11.8 Å². The van der Waals surface area contributed by atoms with Crippen LogP contribution in [0.4, 0.5) is 10.1 Å². The van der Waals surface area contributed by atoms with Gasteiger partial charge in [-0.1, -0.05) is 18.2 Å².